The number of nitrogens with one attached hydrogen (secondary N) is 1. The molecular weight excluding hydrogens is 527 g/mol. The van der Waals surface area contributed by atoms with Gasteiger partial charge in [0.15, 0.2) is 5.96 Å². The number of ether oxygens (including phenoxy) is 2. The van der Waals surface area contributed by atoms with Crippen LogP contribution in [0.15, 0.2) is 29.3 Å². The monoisotopic (exact) mass is 570 g/mol. The van der Waals surface area contributed by atoms with E-state index in [0.29, 0.717) is 24.6 Å². The first-order valence-electron chi connectivity index (χ1n) is 12.7. The van der Waals surface area contributed by atoms with Gasteiger partial charge in [-0.15, -0.1) is 24.0 Å². The van der Waals surface area contributed by atoms with Crippen LogP contribution in [0.25, 0.3) is 0 Å². The van der Waals surface area contributed by atoms with Crippen LogP contribution in [0, 0.1) is 5.41 Å². The third-order valence-electron chi connectivity index (χ3n) is 7.57. The van der Waals surface area contributed by atoms with E-state index in [4.69, 9.17) is 14.5 Å². The van der Waals surface area contributed by atoms with Gasteiger partial charge in [0, 0.05) is 45.4 Å². The highest BCUT2D eigenvalue weighted by Gasteiger charge is 2.41. The highest BCUT2D eigenvalue weighted by atomic mass is 127. The first-order chi connectivity index (χ1) is 15.7. The number of aliphatic imine (C=N–C) groups is 1. The van der Waals surface area contributed by atoms with Crippen LogP contribution in [0.3, 0.4) is 0 Å². The van der Waals surface area contributed by atoms with E-state index in [-0.39, 0.29) is 24.0 Å². The van der Waals surface area contributed by atoms with Gasteiger partial charge in [-0.05, 0) is 69.2 Å². The molecule has 2 saturated heterocycles. The fraction of sp³-hybridized carbons (Fsp3) is 0.731. The molecule has 0 aromatic heterocycles. The molecule has 4 rings (SSSR count). The van der Waals surface area contributed by atoms with Crippen molar-refractivity contribution in [1.82, 2.24) is 15.1 Å². The number of rotatable bonds is 8. The van der Waals surface area contributed by atoms with Crippen LogP contribution >= 0.6 is 24.0 Å². The second-order valence-corrected chi connectivity index (χ2v) is 9.87. The Hall–Kier alpha value is -1.06. The van der Waals surface area contributed by atoms with Gasteiger partial charge in [-0.3, -0.25) is 4.90 Å². The van der Waals surface area contributed by atoms with Crippen molar-refractivity contribution < 1.29 is 9.47 Å². The fourth-order valence-corrected chi connectivity index (χ4v) is 5.59. The molecule has 1 spiro atoms. The molecular formula is C26H43IN4O2. The Morgan fingerprint density at radius 2 is 2.03 bits per heavy atom. The van der Waals surface area contributed by atoms with Crippen LogP contribution in [0.5, 0.6) is 5.75 Å². The SMILES string of the molecule is CCNC(=NCc1cccc(OCCN(C)C2CCOCC2)c1)N1CCC2(CCCC2)C1.I. The molecule has 7 heteroatoms. The van der Waals surface area contributed by atoms with Crippen LogP contribution in [0.4, 0.5) is 0 Å². The topological polar surface area (TPSA) is 49.3 Å². The van der Waals surface area contributed by atoms with Gasteiger partial charge in [-0.2, -0.15) is 0 Å². The van der Waals surface area contributed by atoms with E-state index in [2.05, 4.69) is 53.4 Å². The lowest BCUT2D eigenvalue weighted by atomic mass is 9.86. The largest absolute Gasteiger partial charge is 0.492 e. The van der Waals surface area contributed by atoms with Gasteiger partial charge in [-0.25, -0.2) is 4.99 Å². The van der Waals surface area contributed by atoms with Crippen molar-refractivity contribution in [2.24, 2.45) is 10.4 Å². The predicted molar refractivity (Wildman–Crippen MR) is 146 cm³/mol. The van der Waals surface area contributed by atoms with E-state index in [1.165, 1.54) is 44.2 Å². The molecule has 1 N–H and O–H groups in total. The summed E-state index contributed by atoms with van der Waals surface area (Å²) in [6, 6.07) is 9.04. The number of benzene rings is 1. The Kier molecular flexibility index (Phi) is 10.6. The lowest BCUT2D eigenvalue weighted by Gasteiger charge is -2.31. The number of halogens is 1. The Morgan fingerprint density at radius 3 is 2.79 bits per heavy atom. The van der Waals surface area contributed by atoms with Crippen LogP contribution < -0.4 is 10.1 Å². The Bertz CT molecular complexity index is 748. The molecule has 1 aliphatic carbocycles. The van der Waals surface area contributed by atoms with Crippen molar-refractivity contribution in [2.45, 2.75) is 64.5 Å². The summed E-state index contributed by atoms with van der Waals surface area (Å²) >= 11 is 0. The van der Waals surface area contributed by atoms with Crippen LogP contribution in [-0.2, 0) is 11.3 Å². The minimum absolute atomic E-state index is 0. The maximum absolute atomic E-state index is 6.08. The quantitative estimate of drug-likeness (QED) is 0.283. The molecule has 2 aliphatic heterocycles. The van der Waals surface area contributed by atoms with Crippen LogP contribution in [-0.4, -0.2) is 74.8 Å². The second kappa shape index (κ2) is 13.1. The van der Waals surface area contributed by atoms with Gasteiger partial charge in [0.2, 0.25) is 0 Å². The van der Waals surface area contributed by atoms with E-state index in [1.54, 1.807) is 0 Å². The van der Waals surface area contributed by atoms with Crippen molar-refractivity contribution in [3.63, 3.8) is 0 Å². The molecule has 2 heterocycles. The number of likely N-dealkylation sites (N-methyl/N-ethyl adjacent to an activating group) is 1. The molecule has 0 amide bonds. The molecule has 3 aliphatic rings. The second-order valence-electron chi connectivity index (χ2n) is 9.87. The third-order valence-corrected chi connectivity index (χ3v) is 7.57. The van der Waals surface area contributed by atoms with Gasteiger partial charge >= 0.3 is 0 Å². The molecule has 0 radical (unpaired) electrons. The summed E-state index contributed by atoms with van der Waals surface area (Å²) in [4.78, 5) is 9.88. The van der Waals surface area contributed by atoms with Crippen molar-refractivity contribution in [1.29, 1.82) is 0 Å². The zero-order valence-corrected chi connectivity index (χ0v) is 22.9. The summed E-state index contributed by atoms with van der Waals surface area (Å²) in [6.45, 7) is 9.46. The molecule has 1 aromatic rings. The molecule has 6 nitrogen and oxygen atoms in total. The predicted octanol–water partition coefficient (Wildman–Crippen LogP) is 4.53. The van der Waals surface area contributed by atoms with E-state index >= 15 is 0 Å². The molecule has 186 valence electrons. The van der Waals surface area contributed by atoms with Gasteiger partial charge in [0.1, 0.15) is 12.4 Å². The molecule has 33 heavy (non-hydrogen) atoms. The normalized spacial score (nSPS) is 20.9. The molecule has 1 saturated carbocycles. The van der Waals surface area contributed by atoms with Crippen molar-refractivity contribution >= 4 is 29.9 Å². The highest BCUT2D eigenvalue weighted by Crippen LogP contribution is 2.45. The van der Waals surface area contributed by atoms with Crippen molar-refractivity contribution in [3.05, 3.63) is 29.8 Å². The van der Waals surface area contributed by atoms with Crippen LogP contribution in [0.2, 0.25) is 0 Å². The van der Waals surface area contributed by atoms with Crippen molar-refractivity contribution in [3.8, 4) is 5.75 Å². The number of nitrogens with zero attached hydrogens (tertiary/aromatic N) is 3. The van der Waals surface area contributed by atoms with Gasteiger partial charge < -0.3 is 19.7 Å². The van der Waals surface area contributed by atoms with Gasteiger partial charge in [0.25, 0.3) is 0 Å². The number of hydrogen-bond acceptors (Lipinski definition) is 4. The Labute approximate surface area is 217 Å². The molecule has 0 unspecified atom stereocenters. The van der Waals surface area contributed by atoms with Crippen molar-refractivity contribution in [2.75, 3.05) is 53.0 Å². The zero-order valence-electron chi connectivity index (χ0n) is 20.6. The first kappa shape index (κ1) is 26.5. The highest BCUT2D eigenvalue weighted by molar-refractivity contribution is 14.0. The number of guanidine groups is 1. The summed E-state index contributed by atoms with van der Waals surface area (Å²) < 4.78 is 11.6. The minimum Gasteiger partial charge on any atom is -0.492 e. The van der Waals surface area contributed by atoms with Crippen LogP contribution in [0.1, 0.15) is 57.4 Å². The van der Waals surface area contributed by atoms with E-state index in [0.717, 1.165) is 57.4 Å². The summed E-state index contributed by atoms with van der Waals surface area (Å²) in [7, 11) is 2.20. The van der Waals surface area contributed by atoms with Gasteiger partial charge in [-0.1, -0.05) is 25.0 Å². The molecule has 3 fully saturated rings. The Balaban J connectivity index is 0.00000306. The summed E-state index contributed by atoms with van der Waals surface area (Å²) in [5.41, 5.74) is 1.76. The fourth-order valence-electron chi connectivity index (χ4n) is 5.59. The molecule has 0 atom stereocenters. The third kappa shape index (κ3) is 7.46. The standard InChI is InChI=1S/C26H42N4O2.HI/c1-3-27-25(30-14-13-26(21-30)11-4-5-12-26)28-20-22-7-6-8-24(19-22)32-18-15-29(2)23-9-16-31-17-10-23;/h6-8,19,23H,3-5,9-18,20-21H2,1-2H3,(H,27,28);1H. The average molecular weight is 571 g/mol. The molecule has 0 bridgehead atoms. The summed E-state index contributed by atoms with van der Waals surface area (Å²) in [6.07, 6.45) is 9.16. The van der Waals surface area contributed by atoms with E-state index in [9.17, 15) is 0 Å². The summed E-state index contributed by atoms with van der Waals surface area (Å²) in [5, 5.41) is 3.52. The van der Waals surface area contributed by atoms with Gasteiger partial charge in [0.05, 0.1) is 6.54 Å². The first-order valence-corrected chi connectivity index (χ1v) is 12.7. The zero-order chi connectivity index (χ0) is 22.2. The smallest absolute Gasteiger partial charge is 0.194 e. The lowest BCUT2D eigenvalue weighted by Crippen LogP contribution is -2.41. The maximum atomic E-state index is 6.08. The van der Waals surface area contributed by atoms with E-state index in [1.807, 2.05) is 0 Å². The minimum atomic E-state index is 0. The number of likely N-dealkylation sites (tertiary alicyclic amines) is 1. The van der Waals surface area contributed by atoms with E-state index < -0.39 is 0 Å². The summed E-state index contributed by atoms with van der Waals surface area (Å²) in [5.74, 6) is 2.01. The number of hydrogen-bond donors (Lipinski definition) is 1. The Morgan fingerprint density at radius 1 is 1.24 bits per heavy atom. The average Bonchev–Trinajstić information content (AvgIpc) is 3.47. The maximum Gasteiger partial charge on any atom is 0.194 e. The molecule has 1 aromatic carbocycles. The lowest BCUT2D eigenvalue weighted by molar-refractivity contribution is 0.0392.